The SMILES string of the molecule is CCN1CCc2ccc3c(c21)CCC3(C)C. The molecule has 1 heterocycles. The molecule has 1 aliphatic heterocycles. The highest BCUT2D eigenvalue weighted by molar-refractivity contribution is 5.68. The monoisotopic (exact) mass is 215 g/mol. The zero-order valence-corrected chi connectivity index (χ0v) is 10.6. The minimum Gasteiger partial charge on any atom is -0.371 e. The lowest BCUT2D eigenvalue weighted by atomic mass is 9.86. The van der Waals surface area contributed by atoms with Gasteiger partial charge in [-0.15, -0.1) is 0 Å². The van der Waals surface area contributed by atoms with Crippen molar-refractivity contribution in [2.45, 2.75) is 45.4 Å². The molecule has 0 fully saturated rings. The van der Waals surface area contributed by atoms with Gasteiger partial charge in [0, 0.05) is 18.8 Å². The van der Waals surface area contributed by atoms with Gasteiger partial charge in [0.1, 0.15) is 0 Å². The van der Waals surface area contributed by atoms with Gasteiger partial charge in [0.05, 0.1) is 0 Å². The van der Waals surface area contributed by atoms with Crippen molar-refractivity contribution in [2.75, 3.05) is 18.0 Å². The molecule has 0 aromatic heterocycles. The lowest BCUT2D eigenvalue weighted by Crippen LogP contribution is -2.20. The second kappa shape index (κ2) is 3.26. The molecule has 0 bridgehead atoms. The van der Waals surface area contributed by atoms with Gasteiger partial charge in [-0.3, -0.25) is 0 Å². The molecule has 0 spiro atoms. The third-order valence-electron chi connectivity index (χ3n) is 4.44. The maximum Gasteiger partial charge on any atom is 0.0434 e. The number of likely N-dealkylation sites (N-methyl/N-ethyl adjacent to an activating group) is 1. The number of hydrogen-bond donors (Lipinski definition) is 0. The van der Waals surface area contributed by atoms with Gasteiger partial charge in [-0.2, -0.15) is 0 Å². The van der Waals surface area contributed by atoms with Crippen LogP contribution in [0.2, 0.25) is 0 Å². The molecule has 1 aromatic carbocycles. The summed E-state index contributed by atoms with van der Waals surface area (Å²) < 4.78 is 0. The van der Waals surface area contributed by atoms with Gasteiger partial charge >= 0.3 is 0 Å². The van der Waals surface area contributed by atoms with E-state index in [1.165, 1.54) is 25.8 Å². The summed E-state index contributed by atoms with van der Waals surface area (Å²) in [7, 11) is 0. The largest absolute Gasteiger partial charge is 0.371 e. The molecule has 3 rings (SSSR count). The Morgan fingerprint density at radius 3 is 2.81 bits per heavy atom. The normalized spacial score (nSPS) is 21.1. The average Bonchev–Trinajstić information content (AvgIpc) is 2.79. The van der Waals surface area contributed by atoms with E-state index in [1.807, 2.05) is 0 Å². The van der Waals surface area contributed by atoms with E-state index in [1.54, 1.807) is 22.4 Å². The van der Waals surface area contributed by atoms with E-state index in [4.69, 9.17) is 0 Å². The second-order valence-electron chi connectivity index (χ2n) is 5.81. The highest BCUT2D eigenvalue weighted by Gasteiger charge is 2.34. The van der Waals surface area contributed by atoms with Crippen LogP contribution >= 0.6 is 0 Å². The summed E-state index contributed by atoms with van der Waals surface area (Å²) in [6.07, 6.45) is 3.84. The van der Waals surface area contributed by atoms with Gasteiger partial charge in [-0.05, 0) is 48.3 Å². The maximum atomic E-state index is 2.57. The zero-order chi connectivity index (χ0) is 11.3. The molecule has 0 N–H and O–H groups in total. The van der Waals surface area contributed by atoms with Crippen molar-refractivity contribution in [3.8, 4) is 0 Å². The lowest BCUT2D eigenvalue weighted by Gasteiger charge is -2.23. The summed E-state index contributed by atoms with van der Waals surface area (Å²) in [5, 5.41) is 0. The Kier molecular flexibility index (Phi) is 2.07. The number of benzene rings is 1. The van der Waals surface area contributed by atoms with Crippen molar-refractivity contribution in [3.05, 3.63) is 28.8 Å². The number of fused-ring (bicyclic) bond motifs is 3. The number of rotatable bonds is 1. The fourth-order valence-electron chi connectivity index (χ4n) is 3.42. The molecule has 0 radical (unpaired) electrons. The molecule has 1 aromatic rings. The third-order valence-corrected chi connectivity index (χ3v) is 4.44. The highest BCUT2D eigenvalue weighted by atomic mass is 15.1. The Balaban J connectivity index is 2.18. The summed E-state index contributed by atoms with van der Waals surface area (Å²) in [5.41, 5.74) is 6.82. The van der Waals surface area contributed by atoms with Gasteiger partial charge in [0.2, 0.25) is 0 Å². The minimum atomic E-state index is 0.395. The standard InChI is InChI=1S/C15H21N/c1-4-16-10-8-11-5-6-13-12(14(11)16)7-9-15(13,2)3/h5-6H,4,7-10H2,1-3H3. The van der Waals surface area contributed by atoms with Crippen LogP contribution in [0.4, 0.5) is 5.69 Å². The molecule has 1 heteroatoms. The molecule has 0 saturated heterocycles. The fraction of sp³-hybridized carbons (Fsp3) is 0.600. The van der Waals surface area contributed by atoms with Crippen molar-refractivity contribution in [3.63, 3.8) is 0 Å². The smallest absolute Gasteiger partial charge is 0.0434 e. The van der Waals surface area contributed by atoms with E-state index >= 15 is 0 Å². The second-order valence-corrected chi connectivity index (χ2v) is 5.81. The predicted molar refractivity (Wildman–Crippen MR) is 69.4 cm³/mol. The van der Waals surface area contributed by atoms with Crippen molar-refractivity contribution < 1.29 is 0 Å². The molecule has 1 nitrogen and oxygen atoms in total. The fourth-order valence-corrected chi connectivity index (χ4v) is 3.42. The van der Waals surface area contributed by atoms with Crippen molar-refractivity contribution >= 4 is 5.69 Å². The van der Waals surface area contributed by atoms with Crippen LogP contribution in [-0.2, 0) is 18.3 Å². The minimum absolute atomic E-state index is 0.395. The van der Waals surface area contributed by atoms with Gasteiger partial charge in [-0.1, -0.05) is 26.0 Å². The van der Waals surface area contributed by atoms with Crippen LogP contribution in [0.25, 0.3) is 0 Å². The molecule has 1 aliphatic carbocycles. The third kappa shape index (κ3) is 1.24. The summed E-state index contributed by atoms with van der Waals surface area (Å²) >= 11 is 0. The van der Waals surface area contributed by atoms with Crippen LogP contribution in [0.1, 0.15) is 43.9 Å². The molecule has 2 aliphatic rings. The summed E-state index contributed by atoms with van der Waals surface area (Å²) in [4.78, 5) is 2.57. The molecule has 0 amide bonds. The van der Waals surface area contributed by atoms with Crippen molar-refractivity contribution in [2.24, 2.45) is 0 Å². The Labute approximate surface area is 98.5 Å². The number of anilines is 1. The molecule has 0 atom stereocenters. The van der Waals surface area contributed by atoms with Crippen molar-refractivity contribution in [1.29, 1.82) is 0 Å². The van der Waals surface area contributed by atoms with Gasteiger partial charge in [0.25, 0.3) is 0 Å². The first kappa shape index (κ1) is 10.2. The van der Waals surface area contributed by atoms with Crippen LogP contribution in [0.15, 0.2) is 12.1 Å². The molecule has 0 unspecified atom stereocenters. The topological polar surface area (TPSA) is 3.24 Å². The number of nitrogens with zero attached hydrogens (tertiary/aromatic N) is 1. The van der Waals surface area contributed by atoms with Crippen LogP contribution in [0.3, 0.4) is 0 Å². The van der Waals surface area contributed by atoms with Crippen LogP contribution in [0, 0.1) is 0 Å². The lowest BCUT2D eigenvalue weighted by molar-refractivity contribution is 0.522. The van der Waals surface area contributed by atoms with Gasteiger partial charge in [0.15, 0.2) is 0 Å². The van der Waals surface area contributed by atoms with Gasteiger partial charge in [-0.25, -0.2) is 0 Å². The van der Waals surface area contributed by atoms with E-state index in [0.29, 0.717) is 5.41 Å². The Morgan fingerprint density at radius 1 is 1.25 bits per heavy atom. The molecular formula is C15H21N. The average molecular weight is 215 g/mol. The summed E-state index contributed by atoms with van der Waals surface area (Å²) in [5.74, 6) is 0. The van der Waals surface area contributed by atoms with Gasteiger partial charge < -0.3 is 4.90 Å². The molecule has 86 valence electrons. The van der Waals surface area contributed by atoms with Crippen LogP contribution in [0.5, 0.6) is 0 Å². The van der Waals surface area contributed by atoms with Crippen molar-refractivity contribution in [1.82, 2.24) is 0 Å². The first-order chi connectivity index (χ1) is 7.63. The van der Waals surface area contributed by atoms with Crippen LogP contribution in [-0.4, -0.2) is 13.1 Å². The van der Waals surface area contributed by atoms with E-state index in [9.17, 15) is 0 Å². The Morgan fingerprint density at radius 2 is 2.06 bits per heavy atom. The van der Waals surface area contributed by atoms with E-state index < -0.39 is 0 Å². The summed E-state index contributed by atoms with van der Waals surface area (Å²) in [6.45, 7) is 9.42. The maximum absolute atomic E-state index is 2.57. The quantitative estimate of drug-likeness (QED) is 0.695. The molecular weight excluding hydrogens is 194 g/mol. The van der Waals surface area contributed by atoms with E-state index in [2.05, 4.69) is 37.8 Å². The Hall–Kier alpha value is -0.980. The van der Waals surface area contributed by atoms with E-state index in [-0.39, 0.29) is 0 Å². The summed E-state index contributed by atoms with van der Waals surface area (Å²) in [6, 6.07) is 4.76. The predicted octanol–water partition coefficient (Wildman–Crippen LogP) is 3.29. The first-order valence-electron chi connectivity index (χ1n) is 6.53. The first-order valence-corrected chi connectivity index (χ1v) is 6.53. The molecule has 0 saturated carbocycles. The Bertz CT molecular complexity index is 431. The zero-order valence-electron chi connectivity index (χ0n) is 10.6. The highest BCUT2D eigenvalue weighted by Crippen LogP contribution is 2.45. The molecule has 16 heavy (non-hydrogen) atoms. The van der Waals surface area contributed by atoms with E-state index in [0.717, 1.165) is 6.54 Å². The van der Waals surface area contributed by atoms with Crippen LogP contribution < -0.4 is 4.90 Å². The number of hydrogen-bond acceptors (Lipinski definition) is 1.